The Balaban J connectivity index is 2.27. The van der Waals surface area contributed by atoms with Crippen LogP contribution in [0.5, 0.6) is 0 Å². The van der Waals surface area contributed by atoms with Gasteiger partial charge in [0.15, 0.2) is 0 Å². The zero-order chi connectivity index (χ0) is 14.9. The van der Waals surface area contributed by atoms with Crippen LogP contribution in [-0.2, 0) is 11.2 Å². The highest BCUT2D eigenvalue weighted by atomic mass is 19.1. The van der Waals surface area contributed by atoms with Gasteiger partial charge in [-0.15, -0.1) is 0 Å². The van der Waals surface area contributed by atoms with E-state index in [2.05, 4.69) is 18.8 Å². The minimum Gasteiger partial charge on any atom is -0.358 e. The summed E-state index contributed by atoms with van der Waals surface area (Å²) in [6.45, 7) is 6.81. The first-order valence-corrected chi connectivity index (χ1v) is 6.89. The number of aryl methyl sites for hydroxylation is 1. The molecule has 0 saturated carbocycles. The summed E-state index contributed by atoms with van der Waals surface area (Å²) in [5, 5.41) is 0.800. The first-order chi connectivity index (χ1) is 9.38. The Labute approximate surface area is 118 Å². The normalized spacial score (nSPS) is 11.3. The predicted octanol–water partition coefficient (Wildman–Crippen LogP) is 3.27. The average Bonchev–Trinajstić information content (AvgIpc) is 2.65. The summed E-state index contributed by atoms with van der Waals surface area (Å²) < 4.78 is 13.4. The molecule has 4 heteroatoms. The molecule has 1 aromatic heterocycles. The van der Waals surface area contributed by atoms with Gasteiger partial charge in [0.1, 0.15) is 5.82 Å². The lowest BCUT2D eigenvalue weighted by atomic mass is 10.1. The summed E-state index contributed by atoms with van der Waals surface area (Å²) in [6, 6.07) is 4.63. The smallest absolute Gasteiger partial charge is 0.226 e. The summed E-state index contributed by atoms with van der Waals surface area (Å²) in [4.78, 5) is 17.2. The number of nitrogens with one attached hydrogen (secondary N) is 1. The van der Waals surface area contributed by atoms with Crippen LogP contribution >= 0.6 is 0 Å². The van der Waals surface area contributed by atoms with Gasteiger partial charge < -0.3 is 9.88 Å². The molecule has 0 fully saturated rings. The van der Waals surface area contributed by atoms with Crippen LogP contribution in [-0.4, -0.2) is 29.4 Å². The third-order valence-electron chi connectivity index (χ3n) is 3.47. The highest BCUT2D eigenvalue weighted by molar-refractivity contribution is 5.90. The molecular formula is C16H21FN2O. The molecule has 0 saturated heterocycles. The molecule has 0 bridgehead atoms. The number of carbonyl (C=O) groups excluding carboxylic acids is 1. The second-order valence-corrected chi connectivity index (χ2v) is 5.76. The monoisotopic (exact) mass is 276 g/mol. The molecule has 0 aliphatic carbocycles. The van der Waals surface area contributed by atoms with Crippen LogP contribution in [0.3, 0.4) is 0 Å². The molecule has 1 N–H and O–H groups in total. The highest BCUT2D eigenvalue weighted by Crippen LogP contribution is 2.24. The number of benzene rings is 1. The van der Waals surface area contributed by atoms with Crippen LogP contribution < -0.4 is 0 Å². The van der Waals surface area contributed by atoms with E-state index in [0.29, 0.717) is 12.3 Å². The number of amides is 1. The van der Waals surface area contributed by atoms with E-state index in [9.17, 15) is 9.18 Å². The molecule has 0 unspecified atom stereocenters. The van der Waals surface area contributed by atoms with E-state index in [0.717, 1.165) is 28.7 Å². The van der Waals surface area contributed by atoms with Crippen molar-refractivity contribution in [3.63, 3.8) is 0 Å². The molecule has 2 rings (SSSR count). The van der Waals surface area contributed by atoms with E-state index in [4.69, 9.17) is 0 Å². The highest BCUT2D eigenvalue weighted by Gasteiger charge is 2.16. The van der Waals surface area contributed by atoms with Gasteiger partial charge in [-0.2, -0.15) is 0 Å². The summed E-state index contributed by atoms with van der Waals surface area (Å²) in [5.74, 6) is 0.221. The van der Waals surface area contributed by atoms with Crippen LogP contribution in [0.4, 0.5) is 4.39 Å². The van der Waals surface area contributed by atoms with Crippen molar-refractivity contribution in [2.75, 3.05) is 13.6 Å². The lowest BCUT2D eigenvalue weighted by Gasteiger charge is -2.19. The van der Waals surface area contributed by atoms with Gasteiger partial charge in [0.25, 0.3) is 0 Å². The molecule has 2 aromatic rings. The Morgan fingerprint density at radius 3 is 2.75 bits per heavy atom. The third-order valence-corrected chi connectivity index (χ3v) is 3.47. The van der Waals surface area contributed by atoms with Gasteiger partial charge in [-0.1, -0.05) is 13.8 Å². The molecule has 1 aromatic carbocycles. The standard InChI is InChI=1S/C16H21FN2O/c1-10(2)9-19(4)16(20)8-13-11(3)18-15-6-5-12(17)7-14(13)15/h5-7,10,18H,8-9H2,1-4H3. The molecule has 0 radical (unpaired) electrons. The fraction of sp³-hybridized carbons (Fsp3) is 0.438. The zero-order valence-electron chi connectivity index (χ0n) is 12.5. The summed E-state index contributed by atoms with van der Waals surface area (Å²) >= 11 is 0. The number of rotatable bonds is 4. The van der Waals surface area contributed by atoms with Gasteiger partial charge in [-0.05, 0) is 36.6 Å². The maximum atomic E-state index is 13.4. The van der Waals surface area contributed by atoms with Gasteiger partial charge >= 0.3 is 0 Å². The summed E-state index contributed by atoms with van der Waals surface area (Å²) in [5.41, 5.74) is 2.69. The quantitative estimate of drug-likeness (QED) is 0.914. The zero-order valence-corrected chi connectivity index (χ0v) is 12.5. The Hall–Kier alpha value is -1.84. The Morgan fingerprint density at radius 2 is 2.10 bits per heavy atom. The number of fused-ring (bicyclic) bond motifs is 1. The molecule has 0 aliphatic rings. The molecule has 0 atom stereocenters. The average molecular weight is 276 g/mol. The summed E-state index contributed by atoms with van der Waals surface area (Å²) in [6.07, 6.45) is 0.304. The number of nitrogens with zero attached hydrogens (tertiary/aromatic N) is 1. The molecule has 3 nitrogen and oxygen atoms in total. The van der Waals surface area contributed by atoms with Gasteiger partial charge in [-0.25, -0.2) is 4.39 Å². The fourth-order valence-corrected chi connectivity index (χ4v) is 2.52. The minimum atomic E-state index is -0.277. The van der Waals surface area contributed by atoms with E-state index in [1.54, 1.807) is 11.0 Å². The van der Waals surface area contributed by atoms with Crippen LogP contribution in [0.15, 0.2) is 18.2 Å². The van der Waals surface area contributed by atoms with E-state index >= 15 is 0 Å². The molecule has 1 heterocycles. The summed E-state index contributed by atoms with van der Waals surface area (Å²) in [7, 11) is 1.81. The van der Waals surface area contributed by atoms with Crippen molar-refractivity contribution < 1.29 is 9.18 Å². The Morgan fingerprint density at radius 1 is 1.40 bits per heavy atom. The predicted molar refractivity (Wildman–Crippen MR) is 79.2 cm³/mol. The van der Waals surface area contributed by atoms with Crippen molar-refractivity contribution in [1.29, 1.82) is 0 Å². The van der Waals surface area contributed by atoms with Crippen LogP contribution in [0.1, 0.15) is 25.1 Å². The van der Waals surface area contributed by atoms with Gasteiger partial charge in [-0.3, -0.25) is 4.79 Å². The van der Waals surface area contributed by atoms with E-state index in [-0.39, 0.29) is 11.7 Å². The molecule has 20 heavy (non-hydrogen) atoms. The number of halogens is 1. The van der Waals surface area contributed by atoms with Crippen LogP contribution in [0, 0.1) is 18.7 Å². The van der Waals surface area contributed by atoms with Crippen molar-refractivity contribution in [3.05, 3.63) is 35.3 Å². The van der Waals surface area contributed by atoms with E-state index in [1.165, 1.54) is 12.1 Å². The lowest BCUT2D eigenvalue weighted by Crippen LogP contribution is -2.31. The number of hydrogen-bond donors (Lipinski definition) is 1. The third kappa shape index (κ3) is 3.00. The number of aromatic nitrogens is 1. The van der Waals surface area contributed by atoms with Gasteiger partial charge in [0.05, 0.1) is 6.42 Å². The Kier molecular flexibility index (Phi) is 4.12. The van der Waals surface area contributed by atoms with E-state index < -0.39 is 0 Å². The van der Waals surface area contributed by atoms with Crippen molar-refractivity contribution in [3.8, 4) is 0 Å². The second kappa shape index (κ2) is 5.65. The number of hydrogen-bond acceptors (Lipinski definition) is 1. The molecular weight excluding hydrogens is 255 g/mol. The van der Waals surface area contributed by atoms with Crippen LogP contribution in [0.2, 0.25) is 0 Å². The van der Waals surface area contributed by atoms with Crippen LogP contribution in [0.25, 0.3) is 10.9 Å². The SMILES string of the molecule is Cc1[nH]c2ccc(F)cc2c1CC(=O)N(C)CC(C)C. The van der Waals surface area contributed by atoms with Crippen molar-refractivity contribution >= 4 is 16.8 Å². The van der Waals surface area contributed by atoms with Crippen molar-refractivity contribution in [1.82, 2.24) is 9.88 Å². The topological polar surface area (TPSA) is 36.1 Å². The van der Waals surface area contributed by atoms with E-state index in [1.807, 2.05) is 14.0 Å². The van der Waals surface area contributed by atoms with Gasteiger partial charge in [0, 0.05) is 30.2 Å². The molecule has 0 aliphatic heterocycles. The second-order valence-electron chi connectivity index (χ2n) is 5.76. The van der Waals surface area contributed by atoms with Gasteiger partial charge in [0.2, 0.25) is 5.91 Å². The molecule has 1 amide bonds. The van der Waals surface area contributed by atoms with Crippen molar-refractivity contribution in [2.45, 2.75) is 27.2 Å². The fourth-order valence-electron chi connectivity index (χ4n) is 2.52. The van der Waals surface area contributed by atoms with Crippen molar-refractivity contribution in [2.24, 2.45) is 5.92 Å². The number of aromatic amines is 1. The largest absolute Gasteiger partial charge is 0.358 e. The molecule has 0 spiro atoms. The Bertz CT molecular complexity index is 631. The first-order valence-electron chi connectivity index (χ1n) is 6.89. The first kappa shape index (κ1) is 14.6. The lowest BCUT2D eigenvalue weighted by molar-refractivity contribution is -0.129. The number of likely N-dealkylation sites (N-methyl/N-ethyl adjacent to an activating group) is 1. The maximum Gasteiger partial charge on any atom is 0.226 e. The number of carbonyl (C=O) groups is 1. The number of H-pyrrole nitrogens is 1. The minimum absolute atomic E-state index is 0.0620. The molecule has 108 valence electrons. The maximum absolute atomic E-state index is 13.4.